The lowest BCUT2D eigenvalue weighted by Gasteiger charge is -2.31. The zero-order chi connectivity index (χ0) is 17.7. The van der Waals surface area contributed by atoms with Gasteiger partial charge in [0.25, 0.3) is 0 Å². The smallest absolute Gasteiger partial charge is 0.223 e. The van der Waals surface area contributed by atoms with Crippen molar-refractivity contribution in [2.45, 2.75) is 58.4 Å². The summed E-state index contributed by atoms with van der Waals surface area (Å²) in [5, 5.41) is 6.08. The maximum absolute atomic E-state index is 12.6. The summed E-state index contributed by atoms with van der Waals surface area (Å²) in [7, 11) is 0. The molecule has 2 rings (SSSR count). The van der Waals surface area contributed by atoms with Gasteiger partial charge in [-0.05, 0) is 24.3 Å². The molecule has 2 atom stereocenters. The number of carbonyl (C=O) groups excluding carboxylic acids is 2. The van der Waals surface area contributed by atoms with Crippen LogP contribution in [0.2, 0.25) is 0 Å². The molecule has 1 fully saturated rings. The third kappa shape index (κ3) is 5.08. The zero-order valence-electron chi connectivity index (χ0n) is 15.3. The van der Waals surface area contributed by atoms with Crippen LogP contribution in [0.15, 0.2) is 30.3 Å². The average Bonchev–Trinajstić information content (AvgIpc) is 2.52. The van der Waals surface area contributed by atoms with E-state index in [4.69, 9.17) is 0 Å². The Morgan fingerprint density at radius 3 is 2.58 bits per heavy atom. The first-order valence-electron chi connectivity index (χ1n) is 8.90. The van der Waals surface area contributed by atoms with Gasteiger partial charge in [-0.2, -0.15) is 0 Å². The van der Waals surface area contributed by atoms with Gasteiger partial charge in [0.05, 0.1) is 0 Å². The van der Waals surface area contributed by atoms with Gasteiger partial charge < -0.3 is 10.6 Å². The first-order valence-corrected chi connectivity index (χ1v) is 8.90. The third-order valence-electron chi connectivity index (χ3n) is 4.75. The maximum Gasteiger partial charge on any atom is 0.223 e. The number of hydrogen-bond donors (Lipinski definition) is 2. The number of hydrogen-bond acceptors (Lipinski definition) is 2. The Morgan fingerprint density at radius 2 is 1.96 bits per heavy atom. The van der Waals surface area contributed by atoms with E-state index in [1.165, 1.54) is 5.56 Å². The van der Waals surface area contributed by atoms with Crippen LogP contribution in [0, 0.1) is 11.8 Å². The number of piperidine rings is 1. The lowest BCUT2D eigenvalue weighted by Crippen LogP contribution is -2.48. The number of amides is 2. The standard InChI is InChI=1S/C20H30N2O2/c1-14(2)10-17-11-15(12-18(23)22-17)19(24)21-13-20(3,4)16-8-6-5-7-9-16/h5-9,14-15,17H,10-13H2,1-4H3,(H,21,24)(H,22,23)/t15-,17-/m1/s1. The molecular formula is C20H30N2O2. The van der Waals surface area contributed by atoms with E-state index in [1.54, 1.807) is 0 Å². The van der Waals surface area contributed by atoms with Crippen LogP contribution in [0.4, 0.5) is 0 Å². The van der Waals surface area contributed by atoms with Gasteiger partial charge in [-0.3, -0.25) is 9.59 Å². The summed E-state index contributed by atoms with van der Waals surface area (Å²) in [6, 6.07) is 10.3. The van der Waals surface area contributed by atoms with Crippen molar-refractivity contribution in [1.29, 1.82) is 0 Å². The number of rotatable bonds is 6. The quantitative estimate of drug-likeness (QED) is 0.842. The van der Waals surface area contributed by atoms with E-state index in [1.807, 2.05) is 18.2 Å². The Kier molecular flexibility index (Phi) is 6.03. The summed E-state index contributed by atoms with van der Waals surface area (Å²) in [6.45, 7) is 9.09. The predicted molar refractivity (Wildman–Crippen MR) is 96.6 cm³/mol. The van der Waals surface area contributed by atoms with Crippen LogP contribution in [0.3, 0.4) is 0 Å². The van der Waals surface area contributed by atoms with Crippen LogP contribution in [0.5, 0.6) is 0 Å². The summed E-state index contributed by atoms with van der Waals surface area (Å²) < 4.78 is 0. The largest absolute Gasteiger partial charge is 0.355 e. The fourth-order valence-electron chi connectivity index (χ4n) is 3.36. The second kappa shape index (κ2) is 7.82. The van der Waals surface area contributed by atoms with Gasteiger partial charge in [0, 0.05) is 30.3 Å². The van der Waals surface area contributed by atoms with Crippen LogP contribution in [0.1, 0.15) is 52.5 Å². The van der Waals surface area contributed by atoms with E-state index in [-0.39, 0.29) is 29.2 Å². The normalized spacial score (nSPS) is 21.5. The van der Waals surface area contributed by atoms with Crippen LogP contribution < -0.4 is 10.6 Å². The van der Waals surface area contributed by atoms with Crippen molar-refractivity contribution in [3.8, 4) is 0 Å². The Balaban J connectivity index is 1.93. The summed E-state index contributed by atoms with van der Waals surface area (Å²) in [5.74, 6) is 0.292. The first kappa shape index (κ1) is 18.5. The highest BCUT2D eigenvalue weighted by molar-refractivity contribution is 5.87. The topological polar surface area (TPSA) is 58.2 Å². The molecule has 4 heteroatoms. The minimum Gasteiger partial charge on any atom is -0.355 e. The molecule has 0 aromatic heterocycles. The van der Waals surface area contributed by atoms with Crippen molar-refractivity contribution in [3.05, 3.63) is 35.9 Å². The van der Waals surface area contributed by atoms with E-state index in [9.17, 15) is 9.59 Å². The molecule has 4 nitrogen and oxygen atoms in total. The summed E-state index contributed by atoms with van der Waals surface area (Å²) >= 11 is 0. The number of carbonyl (C=O) groups is 2. The molecule has 0 spiro atoms. The van der Waals surface area contributed by atoms with Gasteiger partial charge in [-0.15, -0.1) is 0 Å². The minimum atomic E-state index is -0.214. The van der Waals surface area contributed by atoms with Crippen LogP contribution >= 0.6 is 0 Å². The molecule has 0 bridgehead atoms. The monoisotopic (exact) mass is 330 g/mol. The number of nitrogens with one attached hydrogen (secondary N) is 2. The Labute approximate surface area is 145 Å². The number of benzene rings is 1. The highest BCUT2D eigenvalue weighted by Gasteiger charge is 2.32. The van der Waals surface area contributed by atoms with E-state index in [0.717, 1.165) is 12.8 Å². The predicted octanol–water partition coefficient (Wildman–Crippen LogP) is 3.02. The van der Waals surface area contributed by atoms with Crippen molar-refractivity contribution >= 4 is 11.8 Å². The van der Waals surface area contributed by atoms with Gasteiger partial charge in [0.2, 0.25) is 11.8 Å². The van der Waals surface area contributed by atoms with Crippen LogP contribution in [-0.2, 0) is 15.0 Å². The molecule has 1 aromatic carbocycles. The molecule has 2 amide bonds. The summed E-state index contributed by atoms with van der Waals surface area (Å²) in [6.07, 6.45) is 1.96. The summed E-state index contributed by atoms with van der Waals surface area (Å²) in [5.41, 5.74) is 1.06. The second-order valence-corrected chi connectivity index (χ2v) is 8.00. The van der Waals surface area contributed by atoms with Gasteiger partial charge >= 0.3 is 0 Å². The molecule has 1 aliphatic rings. The minimum absolute atomic E-state index is 0.00242. The molecule has 0 radical (unpaired) electrons. The second-order valence-electron chi connectivity index (χ2n) is 8.00. The highest BCUT2D eigenvalue weighted by atomic mass is 16.2. The van der Waals surface area contributed by atoms with E-state index in [0.29, 0.717) is 18.9 Å². The SMILES string of the molecule is CC(C)C[C@@H]1C[C@@H](C(=O)NCC(C)(C)c2ccccc2)CC(=O)N1. The van der Waals surface area contributed by atoms with Crippen LogP contribution in [-0.4, -0.2) is 24.4 Å². The Morgan fingerprint density at radius 1 is 1.29 bits per heavy atom. The first-order chi connectivity index (χ1) is 11.3. The molecule has 2 N–H and O–H groups in total. The molecule has 0 unspecified atom stereocenters. The van der Waals surface area contributed by atoms with Crippen molar-refractivity contribution in [1.82, 2.24) is 10.6 Å². The third-order valence-corrected chi connectivity index (χ3v) is 4.75. The van der Waals surface area contributed by atoms with Crippen molar-refractivity contribution in [2.24, 2.45) is 11.8 Å². The van der Waals surface area contributed by atoms with Crippen molar-refractivity contribution < 1.29 is 9.59 Å². The molecule has 132 valence electrons. The maximum atomic E-state index is 12.6. The van der Waals surface area contributed by atoms with Gasteiger partial charge in [-0.1, -0.05) is 58.0 Å². The van der Waals surface area contributed by atoms with E-state index >= 15 is 0 Å². The molecule has 0 saturated carbocycles. The Bertz CT molecular complexity index is 566. The molecule has 1 heterocycles. The fraction of sp³-hybridized carbons (Fsp3) is 0.600. The van der Waals surface area contributed by atoms with Gasteiger partial charge in [0.1, 0.15) is 0 Å². The molecule has 1 saturated heterocycles. The highest BCUT2D eigenvalue weighted by Crippen LogP contribution is 2.24. The summed E-state index contributed by atoms with van der Waals surface area (Å²) in [4.78, 5) is 24.5. The van der Waals surface area contributed by atoms with Crippen LogP contribution in [0.25, 0.3) is 0 Å². The van der Waals surface area contributed by atoms with Crippen molar-refractivity contribution in [2.75, 3.05) is 6.54 Å². The van der Waals surface area contributed by atoms with E-state index in [2.05, 4.69) is 50.5 Å². The Hall–Kier alpha value is -1.84. The molecule has 24 heavy (non-hydrogen) atoms. The fourth-order valence-corrected chi connectivity index (χ4v) is 3.36. The molecule has 1 aliphatic heterocycles. The van der Waals surface area contributed by atoms with Gasteiger partial charge in [0.15, 0.2) is 0 Å². The van der Waals surface area contributed by atoms with E-state index < -0.39 is 0 Å². The molecule has 0 aliphatic carbocycles. The van der Waals surface area contributed by atoms with Crippen molar-refractivity contribution in [3.63, 3.8) is 0 Å². The molecular weight excluding hydrogens is 300 g/mol. The zero-order valence-corrected chi connectivity index (χ0v) is 15.3. The molecule has 1 aromatic rings. The lowest BCUT2D eigenvalue weighted by atomic mass is 9.83. The average molecular weight is 330 g/mol. The van der Waals surface area contributed by atoms with Gasteiger partial charge in [-0.25, -0.2) is 0 Å². The lowest BCUT2D eigenvalue weighted by molar-refractivity contribution is -0.133.